The van der Waals surface area contributed by atoms with Gasteiger partial charge in [-0.1, -0.05) is 0 Å². The Morgan fingerprint density at radius 2 is 1.83 bits per heavy atom. The third-order valence-corrected chi connectivity index (χ3v) is 4.20. The summed E-state index contributed by atoms with van der Waals surface area (Å²) in [6.07, 6.45) is 3.06. The number of thioether (sulfide) groups is 1. The molecule has 24 heavy (non-hydrogen) atoms. The van der Waals surface area contributed by atoms with Crippen LogP contribution in [0.1, 0.15) is 19.8 Å². The molecule has 0 atom stereocenters. The van der Waals surface area contributed by atoms with Crippen molar-refractivity contribution in [2.45, 2.75) is 19.8 Å². The fraction of sp³-hybridized carbons (Fsp3) is 0.733. The van der Waals surface area contributed by atoms with Gasteiger partial charge in [0.15, 0.2) is 0 Å². The van der Waals surface area contributed by atoms with Gasteiger partial charge in [0, 0.05) is 0 Å². The molecule has 0 spiro atoms. The van der Waals surface area contributed by atoms with E-state index >= 15 is 0 Å². The number of rotatable bonds is 15. The molecule has 0 bridgehead atoms. The molecule has 0 aromatic rings. The van der Waals surface area contributed by atoms with Crippen molar-refractivity contribution in [1.82, 2.24) is 9.80 Å². The predicted molar refractivity (Wildman–Crippen MR) is 102 cm³/mol. The molecule has 0 rings (SSSR count). The first-order valence-corrected chi connectivity index (χ1v) is 9.23. The van der Waals surface area contributed by atoms with Gasteiger partial charge in [-0.2, -0.15) is 0 Å². The van der Waals surface area contributed by atoms with E-state index in [1.807, 2.05) is 6.92 Å². The summed E-state index contributed by atoms with van der Waals surface area (Å²) >= 11 is 1.64. The molecule has 0 aromatic carbocycles. The van der Waals surface area contributed by atoms with Gasteiger partial charge in [0.1, 0.15) is 0 Å². The van der Waals surface area contributed by atoms with Gasteiger partial charge in [-0.3, -0.25) is 0 Å². The van der Waals surface area contributed by atoms with Crippen LogP contribution in [-0.4, -0.2) is 87.7 Å². The molecule has 130 valence electrons. The molecule has 0 saturated carbocycles. The van der Waals surface area contributed by atoms with E-state index in [0.717, 1.165) is 24.5 Å². The molecular weight excluding hydrogens is 322 g/mol. The van der Waals surface area contributed by atoms with Crippen LogP contribution in [0.4, 0.5) is 0 Å². The van der Waals surface area contributed by atoms with Crippen LogP contribution in [0.5, 0.6) is 0 Å². The maximum absolute atomic E-state index is 12.2. The zero-order valence-electron chi connectivity index (χ0n) is 14.5. The third kappa shape index (κ3) is 10.5. The number of hydrogen-bond donors (Lipinski definition) is 0. The number of hydrogen-bond acceptors (Lipinski definition) is 5. The van der Waals surface area contributed by atoms with Gasteiger partial charge in [0.05, 0.1) is 0 Å². The molecule has 6 nitrogen and oxygen atoms in total. The van der Waals surface area contributed by atoms with Crippen molar-refractivity contribution in [1.29, 1.82) is 0 Å². The molecule has 0 saturated heterocycles. The van der Waals surface area contributed by atoms with Crippen LogP contribution in [-0.2, 0) is 9.59 Å². The molecule has 0 aliphatic rings. The van der Waals surface area contributed by atoms with Crippen LogP contribution in [0.15, 0.2) is 22.4 Å². The molecule has 0 N–H and O–H groups in total. The van der Waals surface area contributed by atoms with Crippen molar-refractivity contribution >= 4 is 38.9 Å². The molecule has 0 aromatic heterocycles. The zero-order chi connectivity index (χ0) is 18.2. The molecular formula is C15H26B2N4O2S. The van der Waals surface area contributed by atoms with Crippen LogP contribution < -0.4 is 0 Å². The average Bonchev–Trinajstić information content (AvgIpc) is 2.57. The van der Waals surface area contributed by atoms with Crippen molar-refractivity contribution in [3.63, 3.8) is 0 Å². The van der Waals surface area contributed by atoms with E-state index in [1.165, 1.54) is 0 Å². The van der Waals surface area contributed by atoms with Gasteiger partial charge < -0.3 is 0 Å². The zero-order valence-corrected chi connectivity index (χ0v) is 15.3. The summed E-state index contributed by atoms with van der Waals surface area (Å²) in [5.74, 6) is 1.47. The van der Waals surface area contributed by atoms with Crippen molar-refractivity contribution in [3.8, 4) is 0 Å². The normalized spacial score (nSPS) is 9.96. The summed E-state index contributed by atoms with van der Waals surface area (Å²) in [4.78, 5) is 34.3. The molecule has 2 radical (unpaired) electrons. The Hall–Kier alpha value is -1.24. The summed E-state index contributed by atoms with van der Waals surface area (Å²) in [6, 6.07) is 0. The Morgan fingerprint density at radius 3 is 2.42 bits per heavy atom. The molecule has 0 fully saturated rings. The number of amides is 2. The molecule has 2 amide bonds. The Balaban J connectivity index is 4.09. The molecule has 0 heterocycles. The van der Waals surface area contributed by atoms with Crippen molar-refractivity contribution in [3.05, 3.63) is 12.7 Å². The quantitative estimate of drug-likeness (QED) is 0.253. The topological polar surface area (TPSA) is 65.3 Å². The van der Waals surface area contributed by atoms with Crippen LogP contribution in [0.25, 0.3) is 0 Å². The molecule has 9 heteroatoms. The van der Waals surface area contributed by atoms with Crippen LogP contribution in [0, 0.1) is 0 Å². The van der Waals surface area contributed by atoms with Crippen LogP contribution in [0.2, 0.25) is 0 Å². The Labute approximate surface area is 151 Å². The second-order valence-corrected chi connectivity index (χ2v) is 6.34. The van der Waals surface area contributed by atoms with Gasteiger partial charge in [-0.25, -0.2) is 0 Å². The van der Waals surface area contributed by atoms with Crippen LogP contribution in [0.3, 0.4) is 0 Å². The fourth-order valence-corrected chi connectivity index (χ4v) is 2.93. The minimum atomic E-state index is -0.117. The van der Waals surface area contributed by atoms with Crippen molar-refractivity contribution < 1.29 is 9.59 Å². The van der Waals surface area contributed by atoms with E-state index < -0.39 is 0 Å². The number of carbonyl (C=O) groups excluding carboxylic acids is 2. The van der Waals surface area contributed by atoms with Gasteiger partial charge >= 0.3 is 151 Å². The monoisotopic (exact) mass is 348 g/mol. The summed E-state index contributed by atoms with van der Waals surface area (Å²) < 4.78 is 0. The Kier molecular flexibility index (Phi) is 14.5. The molecule has 0 aliphatic heterocycles. The van der Waals surface area contributed by atoms with Crippen LogP contribution >= 0.6 is 11.8 Å². The SMILES string of the molecule is [B]=NCCN(CCC)C(=O)CCSCCN(CC=C)C(=O)CN=[B]. The molecule has 0 aliphatic carbocycles. The Morgan fingerprint density at radius 1 is 1.08 bits per heavy atom. The predicted octanol–water partition coefficient (Wildman–Crippen LogP) is 1.07. The first-order valence-electron chi connectivity index (χ1n) is 8.08. The third-order valence-electron chi connectivity index (χ3n) is 3.24. The Bertz CT molecular complexity index is 424. The summed E-state index contributed by atoms with van der Waals surface area (Å²) in [5, 5.41) is 0. The maximum atomic E-state index is 12.2. The van der Waals surface area contributed by atoms with E-state index in [4.69, 9.17) is 15.3 Å². The fourth-order valence-electron chi connectivity index (χ4n) is 2.06. The second-order valence-electron chi connectivity index (χ2n) is 5.12. The van der Waals surface area contributed by atoms with Crippen molar-refractivity contribution in [2.24, 2.45) is 9.79 Å². The van der Waals surface area contributed by atoms with Gasteiger partial charge in [0.2, 0.25) is 0 Å². The number of nitrogens with zero attached hydrogens (tertiary/aromatic N) is 4. The number of carbonyl (C=O) groups is 2. The first kappa shape index (κ1) is 22.8. The standard InChI is InChI=1S/C15H26B2N4O2S/c1-3-7-20(9-6-18-16)14(22)5-11-24-12-10-21(8-4-2)15(23)13-19-17/h4H,2-3,5-13H2,1H3. The van der Waals surface area contributed by atoms with E-state index in [-0.39, 0.29) is 18.4 Å². The van der Waals surface area contributed by atoms with Gasteiger partial charge in [-0.15, -0.1) is 0 Å². The summed E-state index contributed by atoms with van der Waals surface area (Å²) in [6.45, 7) is 8.47. The van der Waals surface area contributed by atoms with E-state index in [1.54, 1.807) is 27.6 Å². The van der Waals surface area contributed by atoms with Gasteiger partial charge in [0.25, 0.3) is 0 Å². The van der Waals surface area contributed by atoms with E-state index in [0.29, 0.717) is 32.6 Å². The van der Waals surface area contributed by atoms with E-state index in [9.17, 15) is 9.59 Å². The summed E-state index contributed by atoms with van der Waals surface area (Å²) in [7, 11) is 10.2. The second kappa shape index (κ2) is 15.3. The van der Waals surface area contributed by atoms with E-state index in [2.05, 4.69) is 16.4 Å². The average molecular weight is 348 g/mol. The first-order chi connectivity index (χ1) is 11.6. The van der Waals surface area contributed by atoms with Gasteiger partial charge in [-0.05, 0) is 0 Å². The summed E-state index contributed by atoms with van der Waals surface area (Å²) in [5.41, 5.74) is 0. The van der Waals surface area contributed by atoms with Crippen molar-refractivity contribution in [2.75, 3.05) is 50.8 Å². The minimum absolute atomic E-state index is 0.0187. The molecule has 0 unspecified atom stereocenters.